The molecule has 9 nitrogen and oxygen atoms in total. The highest BCUT2D eigenvalue weighted by Gasteiger charge is 2.39. The van der Waals surface area contributed by atoms with Gasteiger partial charge in [-0.25, -0.2) is 9.59 Å². The number of hydrogen-bond donors (Lipinski definition) is 4. The van der Waals surface area contributed by atoms with Crippen LogP contribution in [-0.2, 0) is 16.0 Å². The van der Waals surface area contributed by atoms with Gasteiger partial charge in [-0.1, -0.05) is 74.4 Å². The molecule has 1 aliphatic heterocycles. The van der Waals surface area contributed by atoms with Crippen LogP contribution in [0.25, 0.3) is 10.8 Å². The molecule has 4 rings (SSSR count). The summed E-state index contributed by atoms with van der Waals surface area (Å²) in [4.78, 5) is 35.8. The van der Waals surface area contributed by atoms with Crippen molar-refractivity contribution >= 4 is 28.6 Å². The van der Waals surface area contributed by atoms with Crippen LogP contribution in [0.1, 0.15) is 42.1 Å². The molecule has 15 heteroatoms. The number of carbonyl (C=O) groups is 3. The van der Waals surface area contributed by atoms with E-state index in [4.69, 9.17) is 25.5 Å². The zero-order chi connectivity index (χ0) is 35.4. The number of amides is 1. The monoisotopic (exact) mass is 673 g/mol. The smallest absolute Gasteiger partial charge is 0.490 e. The van der Waals surface area contributed by atoms with E-state index < -0.39 is 24.3 Å². The van der Waals surface area contributed by atoms with Gasteiger partial charge in [-0.05, 0) is 41.3 Å². The van der Waals surface area contributed by atoms with Crippen LogP contribution in [0.3, 0.4) is 0 Å². The quantitative estimate of drug-likeness (QED) is 0.223. The summed E-state index contributed by atoms with van der Waals surface area (Å²) in [7, 11) is 0. The van der Waals surface area contributed by atoms with Crippen LogP contribution in [0.2, 0.25) is 0 Å². The number of rotatable bonds is 8. The van der Waals surface area contributed by atoms with Gasteiger partial charge in [-0.2, -0.15) is 26.3 Å². The van der Waals surface area contributed by atoms with Crippen LogP contribution in [0.15, 0.2) is 66.7 Å². The number of halogens is 6. The van der Waals surface area contributed by atoms with Crippen molar-refractivity contribution in [3.8, 4) is 5.75 Å². The van der Waals surface area contributed by atoms with Gasteiger partial charge in [0.15, 0.2) is 0 Å². The van der Waals surface area contributed by atoms with Gasteiger partial charge in [0.1, 0.15) is 5.75 Å². The van der Waals surface area contributed by atoms with E-state index >= 15 is 0 Å². The fourth-order valence-corrected chi connectivity index (χ4v) is 4.95. The number of carbonyl (C=O) groups excluding carboxylic acids is 1. The van der Waals surface area contributed by atoms with Crippen molar-refractivity contribution in [1.29, 1.82) is 0 Å². The molecule has 1 heterocycles. The highest BCUT2D eigenvalue weighted by Crippen LogP contribution is 2.24. The van der Waals surface area contributed by atoms with Crippen molar-refractivity contribution in [2.24, 2.45) is 5.73 Å². The number of aromatic hydroxyl groups is 1. The molecule has 1 amide bonds. The van der Waals surface area contributed by atoms with Gasteiger partial charge in [-0.15, -0.1) is 0 Å². The molecular formula is C32H37F6N3O6. The van der Waals surface area contributed by atoms with Gasteiger partial charge < -0.3 is 26.0 Å². The van der Waals surface area contributed by atoms with Crippen LogP contribution in [-0.4, -0.2) is 93.6 Å². The summed E-state index contributed by atoms with van der Waals surface area (Å²) >= 11 is 0. The number of unbranched alkanes of at least 4 members (excludes halogenated alkanes) is 1. The Morgan fingerprint density at radius 3 is 2.00 bits per heavy atom. The van der Waals surface area contributed by atoms with Gasteiger partial charge in [0, 0.05) is 43.8 Å². The lowest BCUT2D eigenvalue weighted by molar-refractivity contribution is -0.193. The van der Waals surface area contributed by atoms with E-state index in [0.29, 0.717) is 24.8 Å². The summed E-state index contributed by atoms with van der Waals surface area (Å²) in [6.07, 6.45) is -6.21. The van der Waals surface area contributed by atoms with Crippen molar-refractivity contribution in [3.63, 3.8) is 0 Å². The largest absolute Gasteiger partial charge is 0.508 e. The Kier molecular flexibility index (Phi) is 14.5. The minimum atomic E-state index is -5.08. The molecule has 0 spiro atoms. The highest BCUT2D eigenvalue weighted by atomic mass is 19.4. The van der Waals surface area contributed by atoms with Crippen molar-refractivity contribution in [1.82, 2.24) is 9.80 Å². The van der Waals surface area contributed by atoms with Gasteiger partial charge in [0.25, 0.3) is 5.91 Å². The second-order valence-corrected chi connectivity index (χ2v) is 10.8. The molecule has 0 aromatic heterocycles. The number of alkyl halides is 6. The molecule has 0 radical (unpaired) electrons. The fraction of sp³-hybridized carbons (Fsp3) is 0.406. The number of benzene rings is 3. The Labute approximate surface area is 267 Å². The molecule has 3 aromatic rings. The normalized spacial score (nSPS) is 15.9. The first-order valence-electron chi connectivity index (χ1n) is 14.6. The standard InChI is InChI=1S/C28H35N3O2.2C2HF3O2/c1-2-3-12-24-20-31(28(33)26-14-8-11-21-9-4-6-13-25(21)26)17-16-30(24)19-23(29)18-22-10-5-7-15-27(22)32;2*3-2(4,5)1(6)7/h4-11,13-15,23-24,32H,2-3,12,16-20,29H2,1H3;2*(H,6,7)/t23?,24-;;/m0../s1. The maximum absolute atomic E-state index is 13.5. The van der Waals surface area contributed by atoms with Crippen molar-refractivity contribution in [3.05, 3.63) is 77.9 Å². The number of phenolic OH excluding ortho intramolecular Hbond substituents is 1. The second-order valence-electron chi connectivity index (χ2n) is 10.8. The van der Waals surface area contributed by atoms with Crippen molar-refractivity contribution < 1.29 is 56.0 Å². The van der Waals surface area contributed by atoms with Crippen LogP contribution < -0.4 is 5.73 Å². The molecule has 3 aromatic carbocycles. The Morgan fingerprint density at radius 1 is 0.872 bits per heavy atom. The average Bonchev–Trinajstić information content (AvgIpc) is 3.00. The summed E-state index contributed by atoms with van der Waals surface area (Å²) < 4.78 is 63.5. The predicted molar refractivity (Wildman–Crippen MR) is 162 cm³/mol. The minimum Gasteiger partial charge on any atom is -0.508 e. The van der Waals surface area contributed by atoms with E-state index in [2.05, 4.69) is 24.0 Å². The van der Waals surface area contributed by atoms with E-state index in [1.165, 1.54) is 0 Å². The number of carboxylic acid groups (broad SMARTS) is 2. The Morgan fingerprint density at radius 2 is 1.43 bits per heavy atom. The van der Waals surface area contributed by atoms with E-state index in [0.717, 1.165) is 60.8 Å². The Balaban J connectivity index is 0.000000459. The van der Waals surface area contributed by atoms with Crippen LogP contribution >= 0.6 is 0 Å². The van der Waals surface area contributed by atoms with E-state index in [1.54, 1.807) is 6.07 Å². The number of aliphatic carboxylic acids is 2. The van der Waals surface area contributed by atoms with Gasteiger partial charge >= 0.3 is 24.3 Å². The number of nitrogens with zero attached hydrogens (tertiary/aromatic N) is 2. The lowest BCUT2D eigenvalue weighted by atomic mass is 9.99. The highest BCUT2D eigenvalue weighted by molar-refractivity contribution is 6.07. The SMILES string of the molecule is CCCC[C@H]1CN(C(=O)c2cccc3ccccc23)CCN1CC(N)Cc1ccccc1O.O=C(O)C(F)(F)F.O=C(O)C(F)(F)F. The Hall–Kier alpha value is -4.37. The second kappa shape index (κ2) is 17.5. The average molecular weight is 674 g/mol. The first-order valence-corrected chi connectivity index (χ1v) is 14.6. The molecule has 1 fully saturated rings. The molecule has 5 N–H and O–H groups in total. The lowest BCUT2D eigenvalue weighted by Gasteiger charge is -2.42. The molecule has 1 saturated heterocycles. The Bertz CT molecular complexity index is 1450. The molecule has 258 valence electrons. The molecule has 47 heavy (non-hydrogen) atoms. The summed E-state index contributed by atoms with van der Waals surface area (Å²) in [5.74, 6) is -5.09. The first-order chi connectivity index (χ1) is 21.9. The number of carboxylic acids is 2. The molecular weight excluding hydrogens is 636 g/mol. The molecule has 0 bridgehead atoms. The molecule has 2 atom stereocenters. The molecule has 1 aliphatic rings. The third-order valence-corrected chi connectivity index (χ3v) is 7.23. The van der Waals surface area contributed by atoms with Crippen LogP contribution in [0, 0.1) is 0 Å². The topological polar surface area (TPSA) is 144 Å². The van der Waals surface area contributed by atoms with Gasteiger partial charge in [0.05, 0.1) is 0 Å². The van der Waals surface area contributed by atoms with E-state index in [-0.39, 0.29) is 11.9 Å². The predicted octanol–water partition coefficient (Wildman–Crippen LogP) is 5.70. The number of piperazine rings is 1. The maximum atomic E-state index is 13.5. The number of fused-ring (bicyclic) bond motifs is 1. The maximum Gasteiger partial charge on any atom is 0.490 e. The van der Waals surface area contributed by atoms with E-state index in [1.807, 2.05) is 53.4 Å². The van der Waals surface area contributed by atoms with Crippen molar-refractivity contribution in [2.45, 2.75) is 57.0 Å². The number of hydrogen-bond acceptors (Lipinski definition) is 6. The number of phenols is 1. The minimum absolute atomic E-state index is 0.0669. The first kappa shape index (κ1) is 38.8. The summed E-state index contributed by atoms with van der Waals surface area (Å²) in [5, 5.41) is 26.5. The molecule has 1 unspecified atom stereocenters. The van der Waals surface area contributed by atoms with Crippen molar-refractivity contribution in [2.75, 3.05) is 26.2 Å². The molecule has 0 aliphatic carbocycles. The van der Waals surface area contributed by atoms with Gasteiger partial charge in [0.2, 0.25) is 0 Å². The number of para-hydroxylation sites is 1. The summed E-state index contributed by atoms with van der Waals surface area (Å²) in [6, 6.07) is 21.7. The third-order valence-electron chi connectivity index (χ3n) is 7.23. The van der Waals surface area contributed by atoms with E-state index in [9.17, 15) is 36.2 Å². The fourth-order valence-electron chi connectivity index (χ4n) is 4.95. The zero-order valence-electron chi connectivity index (χ0n) is 25.5. The van der Waals surface area contributed by atoms with Gasteiger partial charge in [-0.3, -0.25) is 9.69 Å². The summed E-state index contributed by atoms with van der Waals surface area (Å²) in [5.41, 5.74) is 8.18. The van der Waals surface area contributed by atoms with Crippen LogP contribution in [0.4, 0.5) is 26.3 Å². The third kappa shape index (κ3) is 12.4. The van der Waals surface area contributed by atoms with Crippen LogP contribution in [0.5, 0.6) is 5.75 Å². The number of nitrogens with two attached hydrogens (primary N) is 1. The lowest BCUT2D eigenvalue weighted by Crippen LogP contribution is -2.57. The molecule has 0 saturated carbocycles. The zero-order valence-corrected chi connectivity index (χ0v) is 25.5. The summed E-state index contributed by atoms with van der Waals surface area (Å²) in [6.45, 7) is 5.22.